The number of nitrogens with zero attached hydrogens (tertiary/aromatic N) is 3. The second-order valence-electron chi connectivity index (χ2n) is 5.18. The number of aromatic amines is 1. The summed E-state index contributed by atoms with van der Waals surface area (Å²) in [5, 5.41) is 27.6. The molecule has 1 heterocycles. The van der Waals surface area contributed by atoms with Gasteiger partial charge in [0.25, 0.3) is 0 Å². The first-order chi connectivity index (χ1) is 9.90. The van der Waals surface area contributed by atoms with E-state index < -0.39 is 5.97 Å². The minimum absolute atomic E-state index is 0.0385. The molecule has 1 aromatic rings. The maximum absolute atomic E-state index is 11.8. The highest BCUT2D eigenvalue weighted by molar-refractivity contribution is 5.74. The lowest BCUT2D eigenvalue weighted by Crippen LogP contribution is -2.42. The van der Waals surface area contributed by atoms with E-state index in [9.17, 15) is 9.59 Å². The minimum atomic E-state index is -0.790. The number of rotatable bonds is 8. The van der Waals surface area contributed by atoms with Crippen molar-refractivity contribution in [1.82, 2.24) is 31.3 Å². The SMILES string of the molecule is CC(CCCC(C)C(=O)O)NC(=O)NC(C)c1nn[nH]n1. The van der Waals surface area contributed by atoms with E-state index in [0.717, 1.165) is 12.8 Å². The molecule has 0 saturated heterocycles. The Morgan fingerprint density at radius 1 is 1.24 bits per heavy atom. The Morgan fingerprint density at radius 2 is 1.95 bits per heavy atom. The van der Waals surface area contributed by atoms with Crippen molar-refractivity contribution in [3.63, 3.8) is 0 Å². The molecule has 0 spiro atoms. The highest BCUT2D eigenvalue weighted by Gasteiger charge is 2.15. The van der Waals surface area contributed by atoms with Crippen molar-refractivity contribution >= 4 is 12.0 Å². The maximum Gasteiger partial charge on any atom is 0.315 e. The second kappa shape index (κ2) is 8.18. The van der Waals surface area contributed by atoms with E-state index in [2.05, 4.69) is 31.3 Å². The van der Waals surface area contributed by atoms with Crippen molar-refractivity contribution in [2.45, 2.75) is 52.1 Å². The van der Waals surface area contributed by atoms with Crippen LogP contribution >= 0.6 is 0 Å². The molecule has 0 radical (unpaired) electrons. The van der Waals surface area contributed by atoms with Gasteiger partial charge in [0, 0.05) is 6.04 Å². The molecule has 3 unspecified atom stereocenters. The molecule has 0 aliphatic carbocycles. The summed E-state index contributed by atoms with van der Waals surface area (Å²) >= 11 is 0. The third-order valence-electron chi connectivity index (χ3n) is 3.17. The first kappa shape index (κ1) is 16.9. The lowest BCUT2D eigenvalue weighted by atomic mass is 10.0. The van der Waals surface area contributed by atoms with Gasteiger partial charge < -0.3 is 15.7 Å². The molecule has 0 fully saturated rings. The largest absolute Gasteiger partial charge is 0.481 e. The summed E-state index contributed by atoms with van der Waals surface area (Å²) in [6.45, 7) is 5.31. The molecular weight excluding hydrogens is 276 g/mol. The van der Waals surface area contributed by atoms with Crippen LogP contribution < -0.4 is 10.6 Å². The number of tetrazole rings is 1. The average molecular weight is 298 g/mol. The Bertz CT molecular complexity index is 450. The van der Waals surface area contributed by atoms with Gasteiger partial charge in [-0.15, -0.1) is 10.2 Å². The zero-order chi connectivity index (χ0) is 15.8. The van der Waals surface area contributed by atoms with E-state index in [4.69, 9.17) is 5.11 Å². The molecule has 0 saturated carbocycles. The molecule has 0 bridgehead atoms. The van der Waals surface area contributed by atoms with E-state index in [1.807, 2.05) is 6.92 Å². The molecule has 0 aromatic carbocycles. The smallest absolute Gasteiger partial charge is 0.315 e. The van der Waals surface area contributed by atoms with Crippen LogP contribution in [0.25, 0.3) is 0 Å². The molecule has 1 aromatic heterocycles. The number of carboxylic acids is 1. The first-order valence-electron chi connectivity index (χ1n) is 6.93. The fourth-order valence-electron chi connectivity index (χ4n) is 1.81. The summed E-state index contributed by atoms with van der Waals surface area (Å²) < 4.78 is 0. The quantitative estimate of drug-likeness (QED) is 0.562. The number of hydrogen-bond donors (Lipinski definition) is 4. The molecule has 118 valence electrons. The van der Waals surface area contributed by atoms with Gasteiger partial charge in [-0.05, 0) is 26.7 Å². The number of carbonyl (C=O) groups excluding carboxylic acids is 1. The Hall–Kier alpha value is -2.19. The number of carboxylic acid groups (broad SMARTS) is 1. The zero-order valence-electron chi connectivity index (χ0n) is 12.5. The number of urea groups is 1. The number of nitrogens with one attached hydrogen (secondary N) is 3. The summed E-state index contributed by atoms with van der Waals surface area (Å²) in [5.41, 5.74) is 0. The number of aromatic nitrogens is 4. The third kappa shape index (κ3) is 6.19. The van der Waals surface area contributed by atoms with Crippen LogP contribution in [-0.4, -0.2) is 43.8 Å². The normalized spacial score (nSPS) is 15.0. The van der Waals surface area contributed by atoms with E-state index in [1.165, 1.54) is 0 Å². The summed E-state index contributed by atoms with van der Waals surface area (Å²) in [7, 11) is 0. The van der Waals surface area contributed by atoms with E-state index in [1.54, 1.807) is 13.8 Å². The second-order valence-corrected chi connectivity index (χ2v) is 5.18. The van der Waals surface area contributed by atoms with Crippen LogP contribution in [0.15, 0.2) is 0 Å². The number of amides is 2. The highest BCUT2D eigenvalue weighted by atomic mass is 16.4. The van der Waals surface area contributed by atoms with Gasteiger partial charge in [0.15, 0.2) is 5.82 Å². The lowest BCUT2D eigenvalue weighted by Gasteiger charge is -2.17. The van der Waals surface area contributed by atoms with Crippen LogP contribution in [0.4, 0.5) is 4.79 Å². The van der Waals surface area contributed by atoms with Gasteiger partial charge >= 0.3 is 12.0 Å². The van der Waals surface area contributed by atoms with E-state index in [-0.39, 0.29) is 24.0 Å². The van der Waals surface area contributed by atoms with Crippen molar-refractivity contribution in [1.29, 1.82) is 0 Å². The maximum atomic E-state index is 11.8. The van der Waals surface area contributed by atoms with Gasteiger partial charge in [-0.1, -0.05) is 18.6 Å². The predicted octanol–water partition coefficient (Wildman–Crippen LogP) is 0.839. The van der Waals surface area contributed by atoms with Crippen LogP contribution in [0.5, 0.6) is 0 Å². The van der Waals surface area contributed by atoms with Gasteiger partial charge in [0.05, 0.1) is 12.0 Å². The zero-order valence-corrected chi connectivity index (χ0v) is 12.5. The Balaban J connectivity index is 2.23. The third-order valence-corrected chi connectivity index (χ3v) is 3.17. The van der Waals surface area contributed by atoms with Gasteiger partial charge in [-0.3, -0.25) is 4.79 Å². The van der Waals surface area contributed by atoms with Crippen LogP contribution in [-0.2, 0) is 4.79 Å². The van der Waals surface area contributed by atoms with Crippen LogP contribution in [0.1, 0.15) is 51.9 Å². The summed E-state index contributed by atoms with van der Waals surface area (Å²) in [4.78, 5) is 22.4. The lowest BCUT2D eigenvalue weighted by molar-refractivity contribution is -0.141. The molecule has 2 amide bonds. The molecule has 9 heteroatoms. The van der Waals surface area contributed by atoms with Crippen molar-refractivity contribution in [2.24, 2.45) is 5.92 Å². The monoisotopic (exact) mass is 298 g/mol. The Kier molecular flexibility index (Phi) is 6.57. The molecule has 0 aliphatic rings. The minimum Gasteiger partial charge on any atom is -0.481 e. The van der Waals surface area contributed by atoms with Crippen LogP contribution in [0, 0.1) is 5.92 Å². The summed E-state index contributed by atoms with van der Waals surface area (Å²) in [6, 6.07) is -0.697. The Morgan fingerprint density at radius 3 is 2.52 bits per heavy atom. The topological polar surface area (TPSA) is 133 Å². The number of H-pyrrole nitrogens is 1. The summed E-state index contributed by atoms with van der Waals surface area (Å²) in [5.74, 6) is -0.736. The fraction of sp³-hybridized carbons (Fsp3) is 0.750. The first-order valence-corrected chi connectivity index (χ1v) is 6.93. The molecule has 0 aliphatic heterocycles. The van der Waals surface area contributed by atoms with Crippen LogP contribution in [0.3, 0.4) is 0 Å². The number of carbonyl (C=O) groups is 2. The number of hydrogen-bond acceptors (Lipinski definition) is 5. The van der Waals surface area contributed by atoms with Gasteiger partial charge in [0.1, 0.15) is 0 Å². The molecule has 21 heavy (non-hydrogen) atoms. The summed E-state index contributed by atoms with van der Waals surface area (Å²) in [6.07, 6.45) is 2.07. The fourth-order valence-corrected chi connectivity index (χ4v) is 1.81. The standard InChI is InChI=1S/C12H22N6O3/c1-7(11(19)20)5-4-6-8(2)13-12(21)14-9(3)10-15-17-18-16-10/h7-9H,4-6H2,1-3H3,(H,19,20)(H2,13,14,21)(H,15,16,17,18). The van der Waals surface area contributed by atoms with Gasteiger partial charge in [-0.2, -0.15) is 5.21 Å². The van der Waals surface area contributed by atoms with Gasteiger partial charge in [-0.25, -0.2) is 4.79 Å². The van der Waals surface area contributed by atoms with E-state index in [0.29, 0.717) is 12.2 Å². The van der Waals surface area contributed by atoms with Crippen LogP contribution in [0.2, 0.25) is 0 Å². The van der Waals surface area contributed by atoms with Crippen molar-refractivity contribution in [2.75, 3.05) is 0 Å². The average Bonchev–Trinajstić information content (AvgIpc) is 2.91. The Labute approximate surface area is 122 Å². The molecule has 9 nitrogen and oxygen atoms in total. The van der Waals surface area contributed by atoms with Crippen molar-refractivity contribution in [3.8, 4) is 0 Å². The van der Waals surface area contributed by atoms with Crippen molar-refractivity contribution in [3.05, 3.63) is 5.82 Å². The van der Waals surface area contributed by atoms with Crippen molar-refractivity contribution < 1.29 is 14.7 Å². The highest BCUT2D eigenvalue weighted by Crippen LogP contribution is 2.09. The molecule has 4 N–H and O–H groups in total. The number of aliphatic carboxylic acids is 1. The van der Waals surface area contributed by atoms with E-state index >= 15 is 0 Å². The molecular formula is C12H22N6O3. The molecule has 1 rings (SSSR count). The van der Waals surface area contributed by atoms with Gasteiger partial charge in [0.2, 0.25) is 0 Å². The predicted molar refractivity (Wildman–Crippen MR) is 74.4 cm³/mol. The molecule has 3 atom stereocenters.